The molecule has 9 rings (SSSR count). The fourth-order valence-electron chi connectivity index (χ4n) is 7.02. The molecule has 8 aromatic rings. The second kappa shape index (κ2) is 10.1. The lowest BCUT2D eigenvalue weighted by Gasteiger charge is -2.21. The highest BCUT2D eigenvalue weighted by Gasteiger charge is 2.36. The van der Waals surface area contributed by atoms with E-state index in [4.69, 9.17) is 19.4 Å². The number of furan rings is 1. The number of aromatic nitrogens is 3. The minimum atomic E-state index is -0.107. The molecule has 0 saturated heterocycles. The summed E-state index contributed by atoms with van der Waals surface area (Å²) >= 11 is 0. The molecule has 4 nitrogen and oxygen atoms in total. The third kappa shape index (κ3) is 4.11. The zero-order chi connectivity index (χ0) is 30.8. The highest BCUT2D eigenvalue weighted by atomic mass is 16.3. The van der Waals surface area contributed by atoms with E-state index < -0.39 is 0 Å². The van der Waals surface area contributed by atoms with Crippen molar-refractivity contribution in [3.05, 3.63) is 151 Å². The first-order valence-electron chi connectivity index (χ1n) is 15.6. The Balaban J connectivity index is 1.28. The number of rotatable bonds is 4. The number of fused-ring (bicyclic) bond motifs is 6. The summed E-state index contributed by atoms with van der Waals surface area (Å²) in [7, 11) is 0. The largest absolute Gasteiger partial charge is 0.456 e. The zero-order valence-electron chi connectivity index (χ0n) is 25.5. The Hall–Kier alpha value is -5.87. The van der Waals surface area contributed by atoms with Crippen LogP contribution in [0.25, 0.3) is 78.4 Å². The Bertz CT molecular complexity index is 2440. The fourth-order valence-corrected chi connectivity index (χ4v) is 7.02. The maximum atomic E-state index is 6.56. The Morgan fingerprint density at radius 3 is 1.85 bits per heavy atom. The van der Waals surface area contributed by atoms with Gasteiger partial charge in [0, 0.05) is 32.9 Å². The van der Waals surface area contributed by atoms with Gasteiger partial charge in [-0.3, -0.25) is 0 Å². The standard InChI is InChI=1S/C42H29N3O/c1-42(2)34-21-10-9-19-30(34)32-24-33-37(25-35(32)42)46-36-22-12-20-31(38(33)36)41-44-39(27-15-7-4-8-16-27)43-40(45-41)29-18-11-17-28(23-29)26-13-5-3-6-14-26/h3-25H,1-2H3. The smallest absolute Gasteiger partial charge is 0.164 e. The van der Waals surface area contributed by atoms with E-state index in [9.17, 15) is 0 Å². The Morgan fingerprint density at radius 2 is 1.04 bits per heavy atom. The van der Waals surface area contributed by atoms with Gasteiger partial charge in [0.1, 0.15) is 11.2 Å². The second-order valence-corrected chi connectivity index (χ2v) is 12.5. The molecule has 0 unspecified atom stereocenters. The molecular formula is C42H29N3O. The van der Waals surface area contributed by atoms with Gasteiger partial charge < -0.3 is 4.42 Å². The summed E-state index contributed by atoms with van der Waals surface area (Å²) in [6.07, 6.45) is 0. The number of hydrogen-bond acceptors (Lipinski definition) is 4. The Morgan fingerprint density at radius 1 is 0.435 bits per heavy atom. The predicted molar refractivity (Wildman–Crippen MR) is 186 cm³/mol. The van der Waals surface area contributed by atoms with Crippen molar-refractivity contribution in [1.29, 1.82) is 0 Å². The molecule has 0 atom stereocenters. The van der Waals surface area contributed by atoms with E-state index in [0.29, 0.717) is 17.5 Å². The quantitative estimate of drug-likeness (QED) is 0.204. The fraction of sp³-hybridized carbons (Fsp3) is 0.0714. The highest BCUT2D eigenvalue weighted by molar-refractivity contribution is 6.13. The molecule has 0 spiro atoms. The third-order valence-corrected chi connectivity index (χ3v) is 9.34. The lowest BCUT2D eigenvalue weighted by Crippen LogP contribution is -2.14. The summed E-state index contributed by atoms with van der Waals surface area (Å²) in [5, 5.41) is 2.07. The van der Waals surface area contributed by atoms with Gasteiger partial charge in [0.05, 0.1) is 0 Å². The molecule has 2 heterocycles. The molecule has 1 aliphatic rings. The molecule has 0 saturated carbocycles. The van der Waals surface area contributed by atoms with Gasteiger partial charge in [0.25, 0.3) is 0 Å². The van der Waals surface area contributed by atoms with Gasteiger partial charge in [-0.15, -0.1) is 0 Å². The average Bonchev–Trinajstić information content (AvgIpc) is 3.59. The lowest BCUT2D eigenvalue weighted by atomic mass is 9.82. The van der Waals surface area contributed by atoms with Crippen LogP contribution in [0.15, 0.2) is 144 Å². The molecule has 0 N–H and O–H groups in total. The van der Waals surface area contributed by atoms with Gasteiger partial charge in [0.15, 0.2) is 17.5 Å². The third-order valence-electron chi connectivity index (χ3n) is 9.34. The van der Waals surface area contributed by atoms with Crippen molar-refractivity contribution < 1.29 is 4.42 Å². The van der Waals surface area contributed by atoms with Crippen LogP contribution in [-0.4, -0.2) is 15.0 Å². The van der Waals surface area contributed by atoms with E-state index in [2.05, 4.69) is 105 Å². The first-order chi connectivity index (χ1) is 22.5. The molecule has 0 bridgehead atoms. The van der Waals surface area contributed by atoms with Crippen LogP contribution in [0.5, 0.6) is 0 Å². The van der Waals surface area contributed by atoms with Crippen LogP contribution in [0.2, 0.25) is 0 Å². The molecule has 218 valence electrons. The first-order valence-corrected chi connectivity index (χ1v) is 15.6. The van der Waals surface area contributed by atoms with Crippen LogP contribution in [0.3, 0.4) is 0 Å². The van der Waals surface area contributed by atoms with Gasteiger partial charge in [-0.05, 0) is 57.6 Å². The molecule has 0 radical (unpaired) electrons. The summed E-state index contributed by atoms with van der Waals surface area (Å²) in [4.78, 5) is 15.2. The summed E-state index contributed by atoms with van der Waals surface area (Å²) < 4.78 is 6.56. The van der Waals surface area contributed by atoms with Gasteiger partial charge in [-0.1, -0.05) is 129 Å². The van der Waals surface area contributed by atoms with E-state index in [1.54, 1.807) is 0 Å². The topological polar surface area (TPSA) is 51.8 Å². The molecule has 2 aromatic heterocycles. The zero-order valence-corrected chi connectivity index (χ0v) is 25.5. The van der Waals surface area contributed by atoms with Gasteiger partial charge in [-0.2, -0.15) is 0 Å². The summed E-state index contributed by atoms with van der Waals surface area (Å²) in [5.74, 6) is 1.87. The summed E-state index contributed by atoms with van der Waals surface area (Å²) in [6, 6.07) is 48.3. The molecule has 4 heteroatoms. The van der Waals surface area contributed by atoms with Crippen LogP contribution in [0.1, 0.15) is 25.0 Å². The molecule has 1 aliphatic carbocycles. The van der Waals surface area contributed by atoms with E-state index >= 15 is 0 Å². The monoisotopic (exact) mass is 591 g/mol. The van der Waals surface area contributed by atoms with E-state index in [1.807, 2.05) is 48.5 Å². The minimum Gasteiger partial charge on any atom is -0.456 e. The van der Waals surface area contributed by atoms with Gasteiger partial charge >= 0.3 is 0 Å². The minimum absolute atomic E-state index is 0.107. The molecule has 46 heavy (non-hydrogen) atoms. The normalized spacial score (nSPS) is 13.2. The lowest BCUT2D eigenvalue weighted by molar-refractivity contribution is 0.647. The molecular weight excluding hydrogens is 562 g/mol. The van der Waals surface area contributed by atoms with Crippen molar-refractivity contribution in [1.82, 2.24) is 15.0 Å². The Kier molecular flexibility index (Phi) is 5.81. The van der Waals surface area contributed by atoms with Crippen LogP contribution < -0.4 is 0 Å². The van der Waals surface area contributed by atoms with Gasteiger partial charge in [0.2, 0.25) is 0 Å². The predicted octanol–water partition coefficient (Wildman–Crippen LogP) is 10.7. The van der Waals surface area contributed by atoms with E-state index in [0.717, 1.165) is 49.8 Å². The van der Waals surface area contributed by atoms with E-state index in [1.165, 1.54) is 22.3 Å². The first kappa shape index (κ1) is 26.5. The van der Waals surface area contributed by atoms with Crippen molar-refractivity contribution in [2.45, 2.75) is 19.3 Å². The van der Waals surface area contributed by atoms with Crippen molar-refractivity contribution in [3.8, 4) is 56.4 Å². The van der Waals surface area contributed by atoms with E-state index in [-0.39, 0.29) is 5.41 Å². The highest BCUT2D eigenvalue weighted by Crippen LogP contribution is 2.51. The maximum absolute atomic E-state index is 6.56. The van der Waals surface area contributed by atoms with Crippen molar-refractivity contribution >= 4 is 21.9 Å². The van der Waals surface area contributed by atoms with Crippen LogP contribution in [0, 0.1) is 0 Å². The van der Waals surface area contributed by atoms with Crippen LogP contribution in [0.4, 0.5) is 0 Å². The van der Waals surface area contributed by atoms with Crippen LogP contribution in [-0.2, 0) is 5.41 Å². The molecule has 0 amide bonds. The Labute approximate surface area is 267 Å². The van der Waals surface area contributed by atoms with Gasteiger partial charge in [-0.25, -0.2) is 15.0 Å². The van der Waals surface area contributed by atoms with Crippen molar-refractivity contribution in [2.24, 2.45) is 0 Å². The number of hydrogen-bond donors (Lipinski definition) is 0. The van der Waals surface area contributed by atoms with Crippen molar-refractivity contribution in [2.75, 3.05) is 0 Å². The average molecular weight is 592 g/mol. The number of nitrogens with zero attached hydrogens (tertiary/aromatic N) is 3. The summed E-state index contributed by atoms with van der Waals surface area (Å²) in [5.41, 5.74) is 11.8. The maximum Gasteiger partial charge on any atom is 0.164 e. The van der Waals surface area contributed by atoms with Crippen molar-refractivity contribution in [3.63, 3.8) is 0 Å². The molecule has 0 aliphatic heterocycles. The molecule has 6 aromatic carbocycles. The molecule has 0 fully saturated rings. The number of benzene rings is 6. The second-order valence-electron chi connectivity index (χ2n) is 12.5. The SMILES string of the molecule is CC1(C)c2ccccc2-c2cc3c(cc21)oc1cccc(-c2nc(-c4ccccc4)nc(-c4cccc(-c5ccccc5)c4)n2)c13. The van der Waals surface area contributed by atoms with Crippen LogP contribution >= 0.6 is 0 Å². The summed E-state index contributed by atoms with van der Waals surface area (Å²) in [6.45, 7) is 4.59.